The molecular weight excluding hydrogens is 210 g/mol. The Balaban J connectivity index is 2.60. The summed E-state index contributed by atoms with van der Waals surface area (Å²) in [4.78, 5) is 11.1. The quantitative estimate of drug-likeness (QED) is 0.850. The van der Waals surface area contributed by atoms with Crippen molar-refractivity contribution in [3.05, 3.63) is 23.6 Å². The molecule has 2 aromatic heterocycles. The molecule has 0 atom stereocenters. The second kappa shape index (κ2) is 3.80. The van der Waals surface area contributed by atoms with E-state index in [9.17, 15) is 4.79 Å². The molecule has 6 heteroatoms. The van der Waals surface area contributed by atoms with Gasteiger partial charge in [-0.15, -0.1) is 0 Å². The van der Waals surface area contributed by atoms with Gasteiger partial charge in [-0.25, -0.2) is 4.79 Å². The van der Waals surface area contributed by atoms with Gasteiger partial charge >= 0.3 is 5.97 Å². The van der Waals surface area contributed by atoms with Gasteiger partial charge in [-0.3, -0.25) is 4.68 Å². The van der Waals surface area contributed by atoms with Crippen LogP contribution in [-0.4, -0.2) is 26.0 Å². The molecule has 0 bridgehead atoms. The molecule has 0 saturated carbocycles. The van der Waals surface area contributed by atoms with Gasteiger partial charge in [-0.05, 0) is 19.9 Å². The second-order valence-corrected chi connectivity index (χ2v) is 3.30. The van der Waals surface area contributed by atoms with Crippen LogP contribution < -0.4 is 0 Å². The van der Waals surface area contributed by atoms with Gasteiger partial charge < -0.3 is 9.63 Å². The summed E-state index contributed by atoms with van der Waals surface area (Å²) < 4.78 is 6.58. The lowest BCUT2D eigenvalue weighted by Crippen LogP contribution is -2.04. The summed E-state index contributed by atoms with van der Waals surface area (Å²) in [5.41, 5.74) is 1.07. The summed E-state index contributed by atoms with van der Waals surface area (Å²) >= 11 is 0. The van der Waals surface area contributed by atoms with Crippen molar-refractivity contribution in [3.63, 3.8) is 0 Å². The van der Waals surface area contributed by atoms with Crippen molar-refractivity contribution in [1.82, 2.24) is 14.9 Å². The highest BCUT2D eigenvalue weighted by molar-refractivity contribution is 5.95. The Morgan fingerprint density at radius 3 is 3.00 bits per heavy atom. The lowest BCUT2D eigenvalue weighted by atomic mass is 10.1. The molecule has 0 spiro atoms. The molecule has 2 rings (SSSR count). The van der Waals surface area contributed by atoms with E-state index in [0.717, 1.165) is 0 Å². The van der Waals surface area contributed by atoms with E-state index < -0.39 is 5.97 Å². The maximum atomic E-state index is 11.1. The summed E-state index contributed by atoms with van der Waals surface area (Å²) in [5, 5.41) is 16.9. The highest BCUT2D eigenvalue weighted by Crippen LogP contribution is 2.24. The maximum Gasteiger partial charge on any atom is 0.341 e. The Labute approximate surface area is 91.5 Å². The smallest absolute Gasteiger partial charge is 0.341 e. The summed E-state index contributed by atoms with van der Waals surface area (Å²) in [5.74, 6) is -0.746. The molecule has 0 saturated heterocycles. The average Bonchev–Trinajstić information content (AvgIpc) is 2.82. The van der Waals surface area contributed by atoms with E-state index in [1.54, 1.807) is 23.9 Å². The van der Waals surface area contributed by atoms with Crippen LogP contribution in [0.2, 0.25) is 0 Å². The number of carbonyl (C=O) groups is 1. The Hall–Kier alpha value is -2.11. The summed E-state index contributed by atoms with van der Waals surface area (Å²) in [6.07, 6.45) is 1.61. The van der Waals surface area contributed by atoms with Gasteiger partial charge in [0, 0.05) is 12.7 Å². The van der Waals surface area contributed by atoms with Crippen molar-refractivity contribution >= 4 is 5.97 Å². The zero-order valence-electron chi connectivity index (χ0n) is 8.97. The molecule has 0 unspecified atom stereocenters. The van der Waals surface area contributed by atoms with Gasteiger partial charge in [-0.2, -0.15) is 5.10 Å². The molecule has 0 aliphatic rings. The van der Waals surface area contributed by atoms with Gasteiger partial charge in [-0.1, -0.05) is 5.16 Å². The Kier molecular flexibility index (Phi) is 2.47. The molecule has 0 aromatic carbocycles. The standard InChI is InChI=1S/C10H11N3O3/c1-3-13-7(4-5-11-13)9-8(10(14)15)6(2)16-12-9/h4-5H,3H2,1-2H3,(H,14,15). The number of hydrogen-bond donors (Lipinski definition) is 1. The fraction of sp³-hybridized carbons (Fsp3) is 0.300. The van der Waals surface area contributed by atoms with E-state index in [1.165, 1.54) is 0 Å². The van der Waals surface area contributed by atoms with Gasteiger partial charge in [0.05, 0.1) is 5.69 Å². The number of aryl methyl sites for hydroxylation is 2. The zero-order chi connectivity index (χ0) is 11.7. The van der Waals surface area contributed by atoms with Crippen molar-refractivity contribution in [2.75, 3.05) is 0 Å². The monoisotopic (exact) mass is 221 g/mol. The topological polar surface area (TPSA) is 81.2 Å². The van der Waals surface area contributed by atoms with Gasteiger partial charge in [0.1, 0.15) is 17.0 Å². The number of nitrogens with zero attached hydrogens (tertiary/aromatic N) is 3. The average molecular weight is 221 g/mol. The Bertz CT molecular complexity index is 527. The minimum absolute atomic E-state index is 0.0928. The van der Waals surface area contributed by atoms with Crippen molar-refractivity contribution in [2.45, 2.75) is 20.4 Å². The van der Waals surface area contributed by atoms with E-state index in [4.69, 9.17) is 9.63 Å². The summed E-state index contributed by atoms with van der Waals surface area (Å²) in [6, 6.07) is 1.72. The molecule has 2 aromatic rings. The molecule has 0 aliphatic heterocycles. The first-order valence-electron chi connectivity index (χ1n) is 4.87. The molecule has 0 fully saturated rings. The first-order chi connectivity index (χ1) is 7.65. The number of carboxylic acids is 1. The maximum absolute atomic E-state index is 11.1. The van der Waals surface area contributed by atoms with Gasteiger partial charge in [0.25, 0.3) is 0 Å². The Morgan fingerprint density at radius 2 is 2.38 bits per heavy atom. The van der Waals surface area contributed by atoms with Crippen LogP contribution in [0.4, 0.5) is 0 Å². The highest BCUT2D eigenvalue weighted by atomic mass is 16.5. The Morgan fingerprint density at radius 1 is 1.62 bits per heavy atom. The van der Waals surface area contributed by atoms with Crippen LogP contribution in [0.3, 0.4) is 0 Å². The number of rotatable bonds is 3. The molecule has 0 aliphatic carbocycles. The van der Waals surface area contributed by atoms with Crippen LogP contribution in [0.25, 0.3) is 11.4 Å². The van der Waals surface area contributed by atoms with Crippen LogP contribution in [0, 0.1) is 6.92 Å². The van der Waals surface area contributed by atoms with Crippen molar-refractivity contribution in [1.29, 1.82) is 0 Å². The predicted molar refractivity (Wildman–Crippen MR) is 55.1 cm³/mol. The number of aromatic nitrogens is 3. The van der Waals surface area contributed by atoms with E-state index in [0.29, 0.717) is 23.7 Å². The zero-order valence-corrected chi connectivity index (χ0v) is 8.97. The normalized spacial score (nSPS) is 10.6. The van der Waals surface area contributed by atoms with Crippen LogP contribution in [0.1, 0.15) is 23.0 Å². The molecule has 1 N–H and O–H groups in total. The number of hydrogen-bond acceptors (Lipinski definition) is 4. The molecule has 0 radical (unpaired) electrons. The fourth-order valence-corrected chi connectivity index (χ4v) is 1.58. The van der Waals surface area contributed by atoms with Crippen molar-refractivity contribution in [3.8, 4) is 11.4 Å². The first kappa shape index (κ1) is 10.4. The van der Waals surface area contributed by atoms with E-state index in [2.05, 4.69) is 10.3 Å². The second-order valence-electron chi connectivity index (χ2n) is 3.30. The SMILES string of the molecule is CCn1nccc1-c1noc(C)c1C(=O)O. The summed E-state index contributed by atoms with van der Waals surface area (Å²) in [7, 11) is 0. The van der Waals surface area contributed by atoms with Gasteiger partial charge in [0.2, 0.25) is 0 Å². The number of carboxylic acid groups (broad SMARTS) is 1. The third kappa shape index (κ3) is 1.48. The first-order valence-corrected chi connectivity index (χ1v) is 4.87. The van der Waals surface area contributed by atoms with Crippen molar-refractivity contribution < 1.29 is 14.4 Å². The van der Waals surface area contributed by atoms with E-state index in [1.807, 2.05) is 6.92 Å². The summed E-state index contributed by atoms with van der Waals surface area (Å²) in [6.45, 7) is 4.14. The molecule has 84 valence electrons. The third-order valence-electron chi connectivity index (χ3n) is 2.34. The van der Waals surface area contributed by atoms with Gasteiger partial charge in [0.15, 0.2) is 0 Å². The van der Waals surface area contributed by atoms with Crippen LogP contribution in [0.15, 0.2) is 16.8 Å². The van der Waals surface area contributed by atoms with Crippen molar-refractivity contribution in [2.24, 2.45) is 0 Å². The highest BCUT2D eigenvalue weighted by Gasteiger charge is 2.22. The predicted octanol–water partition coefficient (Wildman–Crippen LogP) is 1.56. The van der Waals surface area contributed by atoms with E-state index >= 15 is 0 Å². The van der Waals surface area contributed by atoms with Crippen LogP contribution in [0.5, 0.6) is 0 Å². The lowest BCUT2D eigenvalue weighted by Gasteiger charge is -2.01. The molecule has 16 heavy (non-hydrogen) atoms. The molecule has 6 nitrogen and oxygen atoms in total. The molecule has 2 heterocycles. The van der Waals surface area contributed by atoms with Crippen LogP contribution in [-0.2, 0) is 6.54 Å². The van der Waals surface area contributed by atoms with E-state index in [-0.39, 0.29) is 5.56 Å². The lowest BCUT2D eigenvalue weighted by molar-refractivity contribution is 0.0695. The fourth-order valence-electron chi connectivity index (χ4n) is 1.58. The largest absolute Gasteiger partial charge is 0.477 e. The minimum Gasteiger partial charge on any atom is -0.477 e. The molecular formula is C10H11N3O3. The van der Waals surface area contributed by atoms with Crippen LogP contribution >= 0.6 is 0 Å². The number of aromatic carboxylic acids is 1. The third-order valence-corrected chi connectivity index (χ3v) is 2.34. The minimum atomic E-state index is -1.04. The molecule has 0 amide bonds.